The van der Waals surface area contributed by atoms with Gasteiger partial charge in [0.25, 0.3) is 0 Å². The van der Waals surface area contributed by atoms with E-state index in [0.717, 1.165) is 38.5 Å². The van der Waals surface area contributed by atoms with Crippen LogP contribution in [-0.4, -0.2) is 74.9 Å². The van der Waals surface area contributed by atoms with Crippen LogP contribution in [0, 0.1) is 0 Å². The number of unbranched alkanes of at least 4 members (excludes halogenated alkanes) is 60. The highest BCUT2D eigenvalue weighted by Crippen LogP contribution is 2.43. The molecule has 0 aromatic carbocycles. The number of carbonyl (C=O) groups is 2. The lowest BCUT2D eigenvalue weighted by Gasteiger charge is -2.24. The van der Waals surface area contributed by atoms with Crippen molar-refractivity contribution < 1.29 is 42.1 Å². The van der Waals surface area contributed by atoms with E-state index in [1.165, 1.54) is 366 Å². The van der Waals surface area contributed by atoms with Crippen molar-refractivity contribution in [2.45, 2.75) is 437 Å². The van der Waals surface area contributed by atoms with Crippen molar-refractivity contribution in [2.75, 3.05) is 47.5 Å². The van der Waals surface area contributed by atoms with E-state index in [2.05, 4.69) is 26.0 Å². The Labute approximate surface area is 556 Å². The van der Waals surface area contributed by atoms with Crippen LogP contribution in [0.5, 0.6) is 0 Å². The van der Waals surface area contributed by atoms with Crippen LogP contribution in [0.2, 0.25) is 0 Å². The predicted molar refractivity (Wildman–Crippen MR) is 386 cm³/mol. The highest BCUT2D eigenvalue weighted by molar-refractivity contribution is 7.47. The lowest BCUT2D eigenvalue weighted by molar-refractivity contribution is -0.870. The topological polar surface area (TPSA) is 108 Å². The van der Waals surface area contributed by atoms with E-state index in [9.17, 15) is 19.0 Å². The highest BCUT2D eigenvalue weighted by Gasteiger charge is 2.27. The van der Waals surface area contributed by atoms with Gasteiger partial charge in [0, 0.05) is 12.8 Å². The minimum absolute atomic E-state index is 0.0368. The molecule has 0 saturated heterocycles. The van der Waals surface area contributed by atoms with Gasteiger partial charge in [0.05, 0.1) is 27.7 Å². The second-order valence-corrected chi connectivity index (χ2v) is 30.3. The number of phosphoric acid groups is 1. The largest absolute Gasteiger partial charge is 0.472 e. The second-order valence-electron chi connectivity index (χ2n) is 28.8. The molecule has 10 heteroatoms. The van der Waals surface area contributed by atoms with Gasteiger partial charge < -0.3 is 18.9 Å². The van der Waals surface area contributed by atoms with Gasteiger partial charge in [-0.2, -0.15) is 0 Å². The first-order chi connectivity index (χ1) is 43.5. The van der Waals surface area contributed by atoms with Crippen LogP contribution >= 0.6 is 7.82 Å². The van der Waals surface area contributed by atoms with Gasteiger partial charge in [0.2, 0.25) is 0 Å². The smallest absolute Gasteiger partial charge is 0.462 e. The Bertz CT molecular complexity index is 1500. The van der Waals surface area contributed by atoms with Gasteiger partial charge in [-0.3, -0.25) is 18.6 Å². The fraction of sp³-hybridized carbons (Fsp3) is 0.949. The standard InChI is InChI=1S/C79H156NO8P/c1-6-8-10-12-14-16-18-20-22-24-26-28-30-32-34-36-38-39-40-42-43-45-47-49-51-53-55-57-59-61-63-65-67-69-71-78(81)85-75-77(76-87-89(83,84)86-74-73-80(3,4)5)88-79(82)72-70-68-66-64-62-60-58-56-54-52-50-48-46-44-41-37-35-33-31-29-27-25-23-21-19-17-15-13-11-9-7-2/h25,27,77H,6-24,26,28-76H2,1-5H3/p+1/b27-25-. The normalized spacial score (nSPS) is 13.0. The quantitative estimate of drug-likeness (QED) is 0.0211. The van der Waals surface area contributed by atoms with Gasteiger partial charge in [-0.15, -0.1) is 0 Å². The summed E-state index contributed by atoms with van der Waals surface area (Å²) in [6.07, 6.45) is 89.4. The van der Waals surface area contributed by atoms with E-state index in [1.807, 2.05) is 21.1 Å². The fourth-order valence-corrected chi connectivity index (χ4v) is 13.2. The maximum absolute atomic E-state index is 12.9. The maximum atomic E-state index is 12.9. The van der Waals surface area contributed by atoms with Crippen LogP contribution in [0.3, 0.4) is 0 Å². The molecule has 0 aliphatic heterocycles. The van der Waals surface area contributed by atoms with Gasteiger partial charge in [-0.25, -0.2) is 4.57 Å². The molecule has 1 N–H and O–H groups in total. The van der Waals surface area contributed by atoms with Gasteiger partial charge in [-0.1, -0.05) is 392 Å². The minimum atomic E-state index is -4.39. The SMILES string of the molecule is CCCCCCCCCC/C=C\CCCCCCCCCCCCCCCCCCCCCC(=O)OC(COC(=O)CCCCCCCCCCCCCCCCCCCCCCCCCCCCCCCCCCCC)COP(=O)(O)OCC[N+](C)(C)C. The Morgan fingerprint density at radius 3 is 0.831 bits per heavy atom. The summed E-state index contributed by atoms with van der Waals surface area (Å²) in [7, 11) is 1.51. The lowest BCUT2D eigenvalue weighted by atomic mass is 10.0. The molecule has 0 radical (unpaired) electrons. The summed E-state index contributed by atoms with van der Waals surface area (Å²) >= 11 is 0. The average molecular weight is 1280 g/mol. The number of ether oxygens (including phenoxy) is 2. The first kappa shape index (κ1) is 87.8. The third kappa shape index (κ3) is 75.7. The van der Waals surface area contributed by atoms with Crippen LogP contribution in [0.4, 0.5) is 0 Å². The Balaban J connectivity index is 3.90. The van der Waals surface area contributed by atoms with Gasteiger partial charge in [0.15, 0.2) is 6.10 Å². The number of phosphoric ester groups is 1. The molecule has 0 bridgehead atoms. The zero-order valence-electron chi connectivity index (χ0n) is 60.7. The molecule has 2 unspecified atom stereocenters. The molecule has 0 amide bonds. The number of quaternary nitrogens is 1. The van der Waals surface area contributed by atoms with E-state index < -0.39 is 26.5 Å². The second kappa shape index (κ2) is 71.1. The first-order valence-electron chi connectivity index (χ1n) is 39.9. The summed E-state index contributed by atoms with van der Waals surface area (Å²) in [4.78, 5) is 36.0. The molecule has 0 aromatic rings. The molecule has 2 atom stereocenters. The summed E-state index contributed by atoms with van der Waals surface area (Å²) in [5, 5.41) is 0. The first-order valence-corrected chi connectivity index (χ1v) is 41.4. The number of hydrogen-bond donors (Lipinski definition) is 1. The summed E-state index contributed by atoms with van der Waals surface area (Å²) < 4.78 is 34.8. The number of rotatable bonds is 76. The Morgan fingerprint density at radius 2 is 0.573 bits per heavy atom. The van der Waals surface area contributed by atoms with Crippen molar-refractivity contribution >= 4 is 19.8 Å². The molecule has 0 saturated carbocycles. The molecule has 0 spiro atoms. The third-order valence-electron chi connectivity index (χ3n) is 18.5. The molecular formula is C79H157NO8P+. The highest BCUT2D eigenvalue weighted by atomic mass is 31.2. The van der Waals surface area contributed by atoms with Gasteiger partial charge >= 0.3 is 19.8 Å². The number of allylic oxidation sites excluding steroid dienone is 2. The molecule has 89 heavy (non-hydrogen) atoms. The Morgan fingerprint density at radius 1 is 0.337 bits per heavy atom. The third-order valence-corrected chi connectivity index (χ3v) is 19.5. The molecule has 530 valence electrons. The van der Waals surface area contributed by atoms with Gasteiger partial charge in [-0.05, 0) is 38.5 Å². The number of esters is 2. The fourth-order valence-electron chi connectivity index (χ4n) is 12.4. The molecule has 0 fully saturated rings. The summed E-state index contributed by atoms with van der Waals surface area (Å²) in [5.41, 5.74) is 0. The number of hydrogen-bond acceptors (Lipinski definition) is 7. The summed E-state index contributed by atoms with van der Waals surface area (Å²) in [6, 6.07) is 0. The molecule has 9 nitrogen and oxygen atoms in total. The van der Waals surface area contributed by atoms with Crippen LogP contribution in [0.25, 0.3) is 0 Å². The number of carbonyl (C=O) groups excluding carboxylic acids is 2. The summed E-state index contributed by atoms with van der Waals surface area (Å²) in [6.45, 7) is 4.53. The average Bonchev–Trinajstić information content (AvgIpc) is 3.60. The summed E-state index contributed by atoms with van der Waals surface area (Å²) in [5.74, 6) is -0.767. The van der Waals surface area contributed by atoms with Crippen molar-refractivity contribution in [2.24, 2.45) is 0 Å². The number of nitrogens with zero attached hydrogens (tertiary/aromatic N) is 1. The van der Waals surface area contributed by atoms with Crippen molar-refractivity contribution in [1.29, 1.82) is 0 Å². The van der Waals surface area contributed by atoms with Crippen LogP contribution in [-0.2, 0) is 32.7 Å². The zero-order valence-corrected chi connectivity index (χ0v) is 61.6. The molecule has 0 heterocycles. The van der Waals surface area contributed by atoms with Crippen molar-refractivity contribution in [3.05, 3.63) is 12.2 Å². The molecule has 0 aliphatic carbocycles. The van der Waals surface area contributed by atoms with Crippen LogP contribution < -0.4 is 0 Å². The van der Waals surface area contributed by atoms with Gasteiger partial charge in [0.1, 0.15) is 19.8 Å². The monoisotopic (exact) mass is 1280 g/mol. The van der Waals surface area contributed by atoms with Crippen molar-refractivity contribution in [1.82, 2.24) is 0 Å². The van der Waals surface area contributed by atoms with Crippen molar-refractivity contribution in [3.63, 3.8) is 0 Å². The van der Waals surface area contributed by atoms with E-state index >= 15 is 0 Å². The van der Waals surface area contributed by atoms with E-state index in [-0.39, 0.29) is 25.6 Å². The van der Waals surface area contributed by atoms with Crippen molar-refractivity contribution in [3.8, 4) is 0 Å². The van der Waals surface area contributed by atoms with E-state index in [4.69, 9.17) is 18.5 Å². The minimum Gasteiger partial charge on any atom is -0.462 e. The Kier molecular flexibility index (Phi) is 70.1. The number of likely N-dealkylation sites (N-methyl/N-ethyl adjacent to an activating group) is 1. The molecule has 0 aliphatic rings. The van der Waals surface area contributed by atoms with Crippen LogP contribution in [0.15, 0.2) is 12.2 Å². The van der Waals surface area contributed by atoms with E-state index in [0.29, 0.717) is 17.4 Å². The lowest BCUT2D eigenvalue weighted by Crippen LogP contribution is -2.37. The molecule has 0 rings (SSSR count). The predicted octanol–water partition coefficient (Wildman–Crippen LogP) is 26.2. The van der Waals surface area contributed by atoms with Crippen LogP contribution in [0.1, 0.15) is 431 Å². The Hall–Kier alpha value is -1.25. The molecule has 0 aromatic heterocycles. The molecular weight excluding hydrogens is 1120 g/mol. The zero-order chi connectivity index (χ0) is 64.8. The van der Waals surface area contributed by atoms with E-state index in [1.54, 1.807) is 0 Å². The maximum Gasteiger partial charge on any atom is 0.472 e.